The average Bonchev–Trinajstić information content (AvgIpc) is 2.62. The summed E-state index contributed by atoms with van der Waals surface area (Å²) < 4.78 is 0.547. The van der Waals surface area contributed by atoms with Crippen molar-refractivity contribution >= 4 is 41.7 Å². The van der Waals surface area contributed by atoms with Crippen molar-refractivity contribution in [2.75, 3.05) is 0 Å². The number of rotatable bonds is 1. The first kappa shape index (κ1) is 9.29. The molecular weight excluding hydrogens is 218 g/mol. The molecule has 1 aliphatic heterocycles. The van der Waals surface area contributed by atoms with Crippen LogP contribution in [0.5, 0.6) is 5.88 Å². The van der Waals surface area contributed by atoms with Crippen molar-refractivity contribution < 1.29 is 5.11 Å². The molecule has 2 N–H and O–H groups in total. The second kappa shape index (κ2) is 3.47. The van der Waals surface area contributed by atoms with Gasteiger partial charge in [0.1, 0.15) is 6.34 Å². The summed E-state index contributed by atoms with van der Waals surface area (Å²) in [5, 5.41) is 9.43. The maximum Gasteiger partial charge on any atom is 0.207 e. The van der Waals surface area contributed by atoms with E-state index in [0.29, 0.717) is 8.83 Å². The molecule has 72 valence electrons. The number of thiazole rings is 1. The minimum atomic E-state index is 0.0856. The summed E-state index contributed by atoms with van der Waals surface area (Å²) >= 11 is 6.20. The highest BCUT2D eigenvalue weighted by Gasteiger charge is 2.08. The Bertz CT molecular complexity index is 507. The van der Waals surface area contributed by atoms with Gasteiger partial charge in [0.05, 0.1) is 16.3 Å². The predicted octanol–water partition coefficient (Wildman–Crippen LogP) is 2.35. The van der Waals surface area contributed by atoms with Crippen LogP contribution in [0.1, 0.15) is 11.8 Å². The molecule has 1 aliphatic rings. The molecule has 0 aromatic carbocycles. The Labute approximate surface area is 89.4 Å². The zero-order chi connectivity index (χ0) is 10.1. The van der Waals surface area contributed by atoms with Crippen LogP contribution in [-0.2, 0) is 0 Å². The molecule has 0 radical (unpaired) electrons. The van der Waals surface area contributed by atoms with E-state index in [0.717, 1.165) is 11.4 Å². The van der Waals surface area contributed by atoms with Crippen molar-refractivity contribution in [1.82, 2.24) is 4.98 Å². The average molecular weight is 225 g/mol. The summed E-state index contributed by atoms with van der Waals surface area (Å²) in [6.45, 7) is 1.86. The van der Waals surface area contributed by atoms with E-state index in [-0.39, 0.29) is 5.88 Å². The lowest BCUT2D eigenvalue weighted by Crippen LogP contribution is -1.87. The summed E-state index contributed by atoms with van der Waals surface area (Å²) in [4.78, 5) is 11.4. The molecule has 1 aromatic heterocycles. The Balaban J connectivity index is 2.43. The van der Waals surface area contributed by atoms with E-state index >= 15 is 0 Å². The smallest absolute Gasteiger partial charge is 0.207 e. The largest absolute Gasteiger partial charge is 0.494 e. The van der Waals surface area contributed by atoms with Crippen LogP contribution >= 0.6 is 23.6 Å². The van der Waals surface area contributed by atoms with Crippen LogP contribution in [0.15, 0.2) is 15.7 Å². The van der Waals surface area contributed by atoms with Gasteiger partial charge in [-0.1, -0.05) is 0 Å². The number of nitrogens with one attached hydrogen (secondary N) is 1. The standard InChI is InChI=1S/C8H7N3OS2/c1-4-5(10-3-9-4)2-6-7(12)11-8(13)14-6/h2-3,12H,1H3,(H,11,13). The molecule has 0 aliphatic carbocycles. The van der Waals surface area contributed by atoms with Crippen LogP contribution in [0, 0.1) is 3.95 Å². The summed E-state index contributed by atoms with van der Waals surface area (Å²) in [7, 11) is 0. The van der Waals surface area contributed by atoms with Crippen LogP contribution in [0.4, 0.5) is 0 Å². The van der Waals surface area contributed by atoms with Gasteiger partial charge in [-0.3, -0.25) is 0 Å². The van der Waals surface area contributed by atoms with Gasteiger partial charge in [0, 0.05) is 0 Å². The first-order chi connectivity index (χ1) is 6.66. The van der Waals surface area contributed by atoms with Crippen molar-refractivity contribution in [3.05, 3.63) is 14.5 Å². The Kier molecular flexibility index (Phi) is 2.30. The highest BCUT2D eigenvalue weighted by Crippen LogP contribution is 2.25. The fourth-order valence-electron chi connectivity index (χ4n) is 1.03. The Morgan fingerprint density at radius 2 is 2.43 bits per heavy atom. The third kappa shape index (κ3) is 1.66. The van der Waals surface area contributed by atoms with Crippen LogP contribution in [0.3, 0.4) is 0 Å². The molecule has 0 saturated heterocycles. The summed E-state index contributed by atoms with van der Waals surface area (Å²) in [6, 6.07) is 0. The Hall–Kier alpha value is -1.27. The van der Waals surface area contributed by atoms with E-state index < -0.39 is 0 Å². The summed E-state index contributed by atoms with van der Waals surface area (Å²) in [5.41, 5.74) is 1.59. The number of hydrogen-bond donors (Lipinski definition) is 2. The van der Waals surface area contributed by atoms with Gasteiger partial charge < -0.3 is 10.1 Å². The number of hydrogen-bond acceptors (Lipinski definition) is 5. The third-order valence-corrected chi connectivity index (χ3v) is 2.91. The number of H-pyrrole nitrogens is 1. The van der Waals surface area contributed by atoms with E-state index in [4.69, 9.17) is 12.2 Å². The molecule has 1 aromatic rings. The lowest BCUT2D eigenvalue weighted by Gasteiger charge is -1.92. The minimum absolute atomic E-state index is 0.0856. The highest BCUT2D eigenvalue weighted by atomic mass is 32.1. The molecule has 0 amide bonds. The zero-order valence-electron chi connectivity index (χ0n) is 7.31. The number of aromatic amines is 1. The van der Waals surface area contributed by atoms with Crippen molar-refractivity contribution in [3.8, 4) is 5.88 Å². The predicted molar refractivity (Wildman–Crippen MR) is 60.7 cm³/mol. The number of aromatic hydroxyl groups is 1. The number of allylic oxidation sites excluding steroid dienone is 1. The molecule has 0 unspecified atom stereocenters. The van der Waals surface area contributed by atoms with Crippen molar-refractivity contribution in [1.29, 1.82) is 0 Å². The van der Waals surface area contributed by atoms with Crippen LogP contribution in [-0.4, -0.2) is 22.1 Å². The summed E-state index contributed by atoms with van der Waals surface area (Å²) in [6.07, 6.45) is 3.25. The van der Waals surface area contributed by atoms with E-state index in [2.05, 4.69) is 15.0 Å². The lowest BCUT2D eigenvalue weighted by molar-refractivity contribution is 0.456. The molecule has 14 heavy (non-hydrogen) atoms. The molecule has 6 heteroatoms. The minimum Gasteiger partial charge on any atom is -0.494 e. The summed E-state index contributed by atoms with van der Waals surface area (Å²) in [5.74, 6) is 0.0856. The van der Waals surface area contributed by atoms with Crippen molar-refractivity contribution in [3.63, 3.8) is 0 Å². The third-order valence-electron chi connectivity index (χ3n) is 1.74. The van der Waals surface area contributed by atoms with E-state index in [1.807, 2.05) is 6.92 Å². The molecule has 0 atom stereocenters. The van der Waals surface area contributed by atoms with Crippen LogP contribution in [0.2, 0.25) is 0 Å². The van der Waals surface area contributed by atoms with Gasteiger partial charge in [0.2, 0.25) is 5.88 Å². The molecule has 0 fully saturated rings. The zero-order valence-corrected chi connectivity index (χ0v) is 8.95. The van der Waals surface area contributed by atoms with E-state index in [1.165, 1.54) is 17.7 Å². The molecule has 0 spiro atoms. The quantitative estimate of drug-likeness (QED) is 0.721. The van der Waals surface area contributed by atoms with Gasteiger partial charge in [-0.25, -0.2) is 9.98 Å². The fourth-order valence-corrected chi connectivity index (χ4v) is 2.06. The first-order valence-electron chi connectivity index (χ1n) is 3.88. The van der Waals surface area contributed by atoms with E-state index in [1.54, 1.807) is 6.08 Å². The van der Waals surface area contributed by atoms with Gasteiger partial charge in [0.25, 0.3) is 0 Å². The van der Waals surface area contributed by atoms with Crippen LogP contribution in [0.25, 0.3) is 6.08 Å². The van der Waals surface area contributed by atoms with Gasteiger partial charge in [-0.15, -0.1) is 11.3 Å². The number of nitrogens with zero attached hydrogens (tertiary/aromatic N) is 2. The van der Waals surface area contributed by atoms with Gasteiger partial charge in [-0.05, 0) is 25.2 Å². The lowest BCUT2D eigenvalue weighted by atomic mass is 10.3. The molecule has 4 nitrogen and oxygen atoms in total. The van der Waals surface area contributed by atoms with Crippen molar-refractivity contribution in [2.45, 2.75) is 6.92 Å². The van der Waals surface area contributed by atoms with E-state index in [9.17, 15) is 5.11 Å². The maximum absolute atomic E-state index is 9.43. The Morgan fingerprint density at radius 3 is 2.93 bits per heavy atom. The number of aliphatic imine (C=N–C) groups is 2. The topological polar surface area (TPSA) is 60.7 Å². The normalized spacial score (nSPS) is 17.8. The Morgan fingerprint density at radius 1 is 1.64 bits per heavy atom. The first-order valence-corrected chi connectivity index (χ1v) is 5.10. The monoisotopic (exact) mass is 225 g/mol. The molecule has 2 rings (SSSR count). The SMILES string of the molecule is CC1=NC=NC1=Cc1sc(=S)[nH]c1O. The highest BCUT2D eigenvalue weighted by molar-refractivity contribution is 7.73. The van der Waals surface area contributed by atoms with Crippen LogP contribution < -0.4 is 0 Å². The molecule has 0 bridgehead atoms. The van der Waals surface area contributed by atoms with Crippen molar-refractivity contribution in [2.24, 2.45) is 9.98 Å². The maximum atomic E-state index is 9.43. The molecular formula is C8H7N3OS2. The van der Waals surface area contributed by atoms with Gasteiger partial charge >= 0.3 is 0 Å². The van der Waals surface area contributed by atoms with Gasteiger partial charge in [0.15, 0.2) is 3.95 Å². The second-order valence-corrected chi connectivity index (χ2v) is 4.43. The fraction of sp³-hybridized carbons (Fsp3) is 0.125. The number of aromatic nitrogens is 1. The second-order valence-electron chi connectivity index (χ2n) is 2.72. The molecule has 0 saturated carbocycles. The molecule has 2 heterocycles. The van der Waals surface area contributed by atoms with Gasteiger partial charge in [-0.2, -0.15) is 0 Å².